The molecule has 2 amide bonds. The summed E-state index contributed by atoms with van der Waals surface area (Å²) in [6, 6.07) is 18.9. The molecule has 6 rings (SSSR count). The topological polar surface area (TPSA) is 136 Å². The molecule has 3 aromatic carbocycles. The predicted molar refractivity (Wildman–Crippen MR) is 159 cm³/mol. The number of hydrazone groups is 1. The quantitative estimate of drug-likeness (QED) is 0.136. The number of nitro groups is 1. The maximum Gasteiger partial charge on any atom is 0.370 e. The van der Waals surface area contributed by atoms with Crippen molar-refractivity contribution in [2.45, 2.75) is 37.7 Å². The number of benzene rings is 3. The number of carbonyl (C=O) groups is 2. The molecule has 3 atom stereocenters. The lowest BCUT2D eigenvalue weighted by atomic mass is 9.95. The van der Waals surface area contributed by atoms with Crippen LogP contribution in [-0.2, 0) is 9.59 Å². The largest absolute Gasteiger partial charge is 0.370 e. The number of hydrogen-bond acceptors (Lipinski definition) is 7. The van der Waals surface area contributed by atoms with Crippen LogP contribution in [0.15, 0.2) is 82.7 Å². The minimum Gasteiger partial charge on any atom is -0.273 e. The number of non-ortho nitro benzene ring substituents is 1. The summed E-state index contributed by atoms with van der Waals surface area (Å²) in [5.74, 6) is -0.424. The van der Waals surface area contributed by atoms with Gasteiger partial charge < -0.3 is 0 Å². The van der Waals surface area contributed by atoms with Gasteiger partial charge in [0, 0.05) is 30.5 Å². The van der Waals surface area contributed by atoms with E-state index >= 15 is 0 Å². The van der Waals surface area contributed by atoms with Crippen LogP contribution in [0.3, 0.4) is 0 Å². The van der Waals surface area contributed by atoms with Crippen molar-refractivity contribution in [3.63, 3.8) is 0 Å². The summed E-state index contributed by atoms with van der Waals surface area (Å²) in [4.78, 5) is 49.3. The lowest BCUT2D eigenvalue weighted by Crippen LogP contribution is -2.64. The van der Waals surface area contributed by atoms with Gasteiger partial charge in [-0.05, 0) is 41.8 Å². The SMILES string of the molecule is CC(=O)N1N=C(c2ccc(-n3nc(C)n(N4C(=O)C(Cl)C4c4ccccc4Cl)c3=O)cc2)CC1c1ccc([N+](=O)[O-])cc1. The Balaban J connectivity index is 1.27. The van der Waals surface area contributed by atoms with Gasteiger partial charge in [-0.1, -0.05) is 54.1 Å². The fourth-order valence-corrected chi connectivity index (χ4v) is 5.98. The van der Waals surface area contributed by atoms with Gasteiger partial charge in [0.25, 0.3) is 11.6 Å². The zero-order valence-electron chi connectivity index (χ0n) is 22.8. The van der Waals surface area contributed by atoms with E-state index in [-0.39, 0.29) is 17.4 Å². The summed E-state index contributed by atoms with van der Waals surface area (Å²) >= 11 is 12.7. The Bertz CT molecular complexity index is 1870. The average Bonchev–Trinajstić information content (AvgIpc) is 3.57. The van der Waals surface area contributed by atoms with Gasteiger partial charge in [-0.3, -0.25) is 19.7 Å². The molecule has 0 saturated carbocycles. The molecule has 0 radical (unpaired) electrons. The number of halogens is 2. The van der Waals surface area contributed by atoms with Gasteiger partial charge >= 0.3 is 5.69 Å². The van der Waals surface area contributed by atoms with Gasteiger partial charge in [-0.25, -0.2) is 14.8 Å². The standard InChI is InChI=1S/C29H23Cl2N7O5/c1-16-32-35(29(41)36(16)37-27(26(31)28(37)40)22-5-3-4-6-23(22)30)20-11-7-18(8-12-20)24-15-25(34(33-24)17(2)39)19-9-13-21(14-10-19)38(42)43/h3-14,25-27H,15H2,1-2H3. The first kappa shape index (κ1) is 28.3. The van der Waals surface area contributed by atoms with E-state index in [0.29, 0.717) is 28.4 Å². The van der Waals surface area contributed by atoms with Crippen molar-refractivity contribution >= 4 is 46.4 Å². The number of β-lactam (4-membered cyclic amide) rings is 1. The minimum atomic E-state index is -0.884. The number of rotatable bonds is 6. The molecule has 1 aromatic heterocycles. The lowest BCUT2D eigenvalue weighted by Gasteiger charge is -2.44. The monoisotopic (exact) mass is 619 g/mol. The molecule has 14 heteroatoms. The van der Waals surface area contributed by atoms with Gasteiger partial charge in [-0.2, -0.15) is 14.5 Å². The third-order valence-corrected chi connectivity index (χ3v) is 8.29. The normalized spacial score (nSPS) is 19.8. The van der Waals surface area contributed by atoms with E-state index in [2.05, 4.69) is 10.2 Å². The Labute approximate surface area is 254 Å². The molecular weight excluding hydrogens is 597 g/mol. The maximum atomic E-state index is 13.5. The van der Waals surface area contributed by atoms with Gasteiger partial charge in [0.1, 0.15) is 11.4 Å². The zero-order valence-corrected chi connectivity index (χ0v) is 24.3. The molecule has 218 valence electrons. The number of amides is 2. The molecule has 43 heavy (non-hydrogen) atoms. The fraction of sp³-hybridized carbons (Fsp3) is 0.207. The molecule has 12 nitrogen and oxygen atoms in total. The fourth-order valence-electron chi connectivity index (χ4n) is 5.39. The number of alkyl halides is 1. The van der Waals surface area contributed by atoms with Crippen LogP contribution in [0.2, 0.25) is 5.02 Å². The van der Waals surface area contributed by atoms with Crippen LogP contribution in [0, 0.1) is 17.0 Å². The molecular formula is C29H23Cl2N7O5. The van der Waals surface area contributed by atoms with Crippen molar-refractivity contribution < 1.29 is 14.5 Å². The zero-order chi connectivity index (χ0) is 30.6. The van der Waals surface area contributed by atoms with Gasteiger partial charge in [0.2, 0.25) is 5.91 Å². The number of nitro benzene ring substituents is 1. The Hall–Kier alpha value is -4.81. The minimum absolute atomic E-state index is 0.0406. The Morgan fingerprint density at radius 2 is 1.70 bits per heavy atom. The van der Waals surface area contributed by atoms with E-state index in [9.17, 15) is 24.5 Å². The summed E-state index contributed by atoms with van der Waals surface area (Å²) in [6.45, 7) is 3.03. The van der Waals surface area contributed by atoms with Crippen LogP contribution in [0.25, 0.3) is 5.69 Å². The molecule has 0 N–H and O–H groups in total. The first-order valence-electron chi connectivity index (χ1n) is 13.2. The van der Waals surface area contributed by atoms with Crippen LogP contribution in [0.1, 0.15) is 47.9 Å². The number of aromatic nitrogens is 3. The Morgan fingerprint density at radius 1 is 1.02 bits per heavy atom. The second kappa shape index (κ2) is 10.8. The average molecular weight is 620 g/mol. The van der Waals surface area contributed by atoms with E-state index in [1.165, 1.54) is 38.4 Å². The molecule has 4 aromatic rings. The van der Waals surface area contributed by atoms with Crippen molar-refractivity contribution in [3.8, 4) is 5.69 Å². The summed E-state index contributed by atoms with van der Waals surface area (Å²) in [5, 5.41) is 22.1. The summed E-state index contributed by atoms with van der Waals surface area (Å²) in [7, 11) is 0. The highest BCUT2D eigenvalue weighted by atomic mass is 35.5. The summed E-state index contributed by atoms with van der Waals surface area (Å²) in [6.07, 6.45) is 0.393. The van der Waals surface area contributed by atoms with Gasteiger partial charge in [-0.15, -0.1) is 16.7 Å². The van der Waals surface area contributed by atoms with Crippen molar-refractivity contribution in [2.24, 2.45) is 5.10 Å². The molecule has 3 heterocycles. The van der Waals surface area contributed by atoms with E-state index < -0.39 is 34.0 Å². The van der Waals surface area contributed by atoms with Crippen molar-refractivity contribution in [1.29, 1.82) is 0 Å². The molecule has 1 saturated heterocycles. The van der Waals surface area contributed by atoms with Gasteiger partial charge in [0.05, 0.1) is 22.4 Å². The Morgan fingerprint density at radius 3 is 2.33 bits per heavy atom. The van der Waals surface area contributed by atoms with Crippen LogP contribution < -0.4 is 10.7 Å². The van der Waals surface area contributed by atoms with E-state index in [1.807, 2.05) is 0 Å². The van der Waals surface area contributed by atoms with Crippen LogP contribution >= 0.6 is 23.2 Å². The van der Waals surface area contributed by atoms with E-state index in [4.69, 9.17) is 23.2 Å². The molecule has 0 aliphatic carbocycles. The molecule has 0 spiro atoms. The highest BCUT2D eigenvalue weighted by molar-refractivity contribution is 6.37. The molecule has 2 aliphatic rings. The maximum absolute atomic E-state index is 13.5. The second-order valence-corrected chi connectivity index (χ2v) is 11.0. The highest BCUT2D eigenvalue weighted by Gasteiger charge is 2.50. The lowest BCUT2D eigenvalue weighted by molar-refractivity contribution is -0.384. The van der Waals surface area contributed by atoms with E-state index in [1.54, 1.807) is 67.6 Å². The first-order chi connectivity index (χ1) is 20.6. The number of hydrogen-bond donors (Lipinski definition) is 0. The van der Waals surface area contributed by atoms with Crippen molar-refractivity contribution in [1.82, 2.24) is 19.5 Å². The van der Waals surface area contributed by atoms with Crippen LogP contribution in [0.4, 0.5) is 5.69 Å². The summed E-state index contributed by atoms with van der Waals surface area (Å²) in [5.41, 5.74) is 2.56. The first-order valence-corrected chi connectivity index (χ1v) is 14.0. The molecule has 3 unspecified atom stereocenters. The molecule has 1 fully saturated rings. The van der Waals surface area contributed by atoms with Gasteiger partial charge in [0.15, 0.2) is 5.82 Å². The van der Waals surface area contributed by atoms with Crippen LogP contribution in [0.5, 0.6) is 0 Å². The smallest absolute Gasteiger partial charge is 0.273 e. The molecule has 2 aliphatic heterocycles. The molecule has 0 bridgehead atoms. The van der Waals surface area contributed by atoms with Crippen molar-refractivity contribution in [2.75, 3.05) is 5.01 Å². The Kier molecular flexibility index (Phi) is 7.10. The third kappa shape index (κ3) is 4.78. The number of carbonyl (C=O) groups excluding carboxylic acids is 2. The number of nitrogens with zero attached hydrogens (tertiary/aromatic N) is 7. The predicted octanol–water partition coefficient (Wildman–Crippen LogP) is 4.43. The number of aryl methyl sites for hydroxylation is 1. The van der Waals surface area contributed by atoms with Crippen molar-refractivity contribution in [3.05, 3.63) is 121 Å². The second-order valence-electron chi connectivity index (χ2n) is 10.1. The van der Waals surface area contributed by atoms with E-state index in [0.717, 1.165) is 11.1 Å². The summed E-state index contributed by atoms with van der Waals surface area (Å²) < 4.78 is 2.39. The van der Waals surface area contributed by atoms with Crippen LogP contribution in [-0.4, -0.2) is 47.3 Å². The highest BCUT2D eigenvalue weighted by Crippen LogP contribution is 2.40. The third-order valence-electron chi connectivity index (χ3n) is 7.52.